The highest BCUT2D eigenvalue weighted by molar-refractivity contribution is 9.10. The lowest BCUT2D eigenvalue weighted by Gasteiger charge is -2.24. The Morgan fingerprint density at radius 1 is 1.17 bits per heavy atom. The van der Waals surface area contributed by atoms with Crippen LogP contribution in [0.5, 0.6) is 0 Å². The number of halogens is 4. The van der Waals surface area contributed by atoms with E-state index < -0.39 is 39.5 Å². The number of rotatable bonds is 4. The third-order valence-corrected chi connectivity index (χ3v) is 3.44. The van der Waals surface area contributed by atoms with E-state index in [1.165, 1.54) is 20.8 Å². The van der Waals surface area contributed by atoms with Gasteiger partial charge in [0.1, 0.15) is 5.60 Å². The standard InChI is InChI=1S/C14H16BrF3O5S/c1-13(2,3)22-12(19)11(23-24(4,20)21)8-5-9(14(16,17)18)7-10(15)6-8/h5-7,11H,1-4H3. The molecule has 0 saturated heterocycles. The lowest BCUT2D eigenvalue weighted by Crippen LogP contribution is -2.30. The minimum Gasteiger partial charge on any atom is -0.458 e. The van der Waals surface area contributed by atoms with Crippen molar-refractivity contribution in [2.75, 3.05) is 6.26 Å². The minimum absolute atomic E-state index is 0.0120. The van der Waals surface area contributed by atoms with Crippen molar-refractivity contribution in [3.05, 3.63) is 33.8 Å². The first-order valence-corrected chi connectivity index (χ1v) is 9.18. The quantitative estimate of drug-likeness (QED) is 0.534. The third kappa shape index (κ3) is 6.78. The largest absolute Gasteiger partial charge is 0.458 e. The molecule has 0 bridgehead atoms. The number of hydrogen-bond donors (Lipinski definition) is 0. The molecular weight excluding hydrogens is 417 g/mol. The molecular formula is C14H16BrF3O5S. The van der Waals surface area contributed by atoms with Crippen LogP contribution in [-0.4, -0.2) is 26.2 Å². The molecule has 136 valence electrons. The van der Waals surface area contributed by atoms with Gasteiger partial charge in [-0.3, -0.25) is 4.18 Å². The summed E-state index contributed by atoms with van der Waals surface area (Å²) in [5.74, 6) is -1.11. The van der Waals surface area contributed by atoms with Crippen LogP contribution in [0.4, 0.5) is 13.2 Å². The highest BCUT2D eigenvalue weighted by Gasteiger charge is 2.35. The van der Waals surface area contributed by atoms with Gasteiger partial charge >= 0.3 is 12.1 Å². The van der Waals surface area contributed by atoms with E-state index in [-0.39, 0.29) is 10.0 Å². The van der Waals surface area contributed by atoms with Crippen LogP contribution in [0.3, 0.4) is 0 Å². The highest BCUT2D eigenvalue weighted by Crippen LogP contribution is 2.35. The summed E-state index contributed by atoms with van der Waals surface area (Å²) in [4.78, 5) is 12.2. The van der Waals surface area contributed by atoms with Crippen molar-refractivity contribution in [1.29, 1.82) is 0 Å². The summed E-state index contributed by atoms with van der Waals surface area (Å²) in [5.41, 5.74) is -2.33. The van der Waals surface area contributed by atoms with Crippen LogP contribution in [-0.2, 0) is 30.0 Å². The van der Waals surface area contributed by atoms with Crippen molar-refractivity contribution in [1.82, 2.24) is 0 Å². The second-order valence-corrected chi connectivity index (χ2v) is 8.50. The maximum Gasteiger partial charge on any atom is 0.416 e. The first kappa shape index (κ1) is 20.9. The van der Waals surface area contributed by atoms with Crippen molar-refractivity contribution >= 4 is 32.0 Å². The molecule has 5 nitrogen and oxygen atoms in total. The van der Waals surface area contributed by atoms with E-state index in [1.807, 2.05) is 0 Å². The van der Waals surface area contributed by atoms with E-state index in [1.54, 1.807) is 0 Å². The Labute approximate surface area is 146 Å². The smallest absolute Gasteiger partial charge is 0.416 e. The second-order valence-electron chi connectivity index (χ2n) is 5.98. The van der Waals surface area contributed by atoms with Gasteiger partial charge in [0.15, 0.2) is 6.10 Å². The zero-order valence-electron chi connectivity index (χ0n) is 13.3. The molecule has 24 heavy (non-hydrogen) atoms. The molecule has 10 heteroatoms. The fraction of sp³-hybridized carbons (Fsp3) is 0.500. The van der Waals surface area contributed by atoms with Gasteiger partial charge in [0.2, 0.25) is 0 Å². The Bertz CT molecular complexity index is 723. The number of carbonyl (C=O) groups is 1. The Hall–Kier alpha value is -1.13. The summed E-state index contributed by atoms with van der Waals surface area (Å²) in [6, 6.07) is 2.61. The van der Waals surface area contributed by atoms with Crippen LogP contribution in [0.2, 0.25) is 0 Å². The third-order valence-electron chi connectivity index (χ3n) is 2.44. The Morgan fingerprint density at radius 3 is 2.12 bits per heavy atom. The maximum absolute atomic E-state index is 12.9. The molecule has 0 amide bonds. The molecule has 0 radical (unpaired) electrons. The Balaban J connectivity index is 3.39. The summed E-state index contributed by atoms with van der Waals surface area (Å²) in [5, 5.41) is 0. The molecule has 1 aromatic carbocycles. The molecule has 0 spiro atoms. The van der Waals surface area contributed by atoms with Gasteiger partial charge in [-0.1, -0.05) is 15.9 Å². The number of esters is 1. The van der Waals surface area contributed by atoms with Crippen LogP contribution < -0.4 is 0 Å². The minimum atomic E-state index is -4.68. The average molecular weight is 433 g/mol. The zero-order chi connectivity index (χ0) is 18.9. The van der Waals surface area contributed by atoms with Crippen LogP contribution in [0.1, 0.15) is 38.0 Å². The van der Waals surface area contributed by atoms with Crippen molar-refractivity contribution in [3.63, 3.8) is 0 Å². The zero-order valence-corrected chi connectivity index (χ0v) is 15.7. The van der Waals surface area contributed by atoms with Crippen molar-refractivity contribution in [2.45, 2.75) is 38.7 Å². The first-order chi connectivity index (χ1) is 10.6. The van der Waals surface area contributed by atoms with E-state index in [9.17, 15) is 26.4 Å². The number of hydrogen-bond acceptors (Lipinski definition) is 5. The van der Waals surface area contributed by atoms with Gasteiger partial charge in [-0.2, -0.15) is 21.6 Å². The van der Waals surface area contributed by atoms with Gasteiger partial charge in [-0.25, -0.2) is 4.79 Å². The van der Waals surface area contributed by atoms with Crippen molar-refractivity contribution < 1.29 is 35.3 Å². The molecule has 1 aromatic rings. The first-order valence-electron chi connectivity index (χ1n) is 6.57. The number of carbonyl (C=O) groups excluding carboxylic acids is 1. The number of benzene rings is 1. The molecule has 0 heterocycles. The van der Waals surface area contributed by atoms with Crippen molar-refractivity contribution in [3.8, 4) is 0 Å². The number of ether oxygens (including phenoxy) is 1. The topological polar surface area (TPSA) is 69.7 Å². The summed E-state index contributed by atoms with van der Waals surface area (Å²) in [7, 11) is -4.13. The molecule has 0 aliphatic carbocycles. The van der Waals surface area contributed by atoms with Crippen LogP contribution in [0.15, 0.2) is 22.7 Å². The maximum atomic E-state index is 12.9. The molecule has 0 aliphatic heterocycles. The van der Waals surface area contributed by atoms with E-state index in [2.05, 4.69) is 20.1 Å². The van der Waals surface area contributed by atoms with E-state index in [0.717, 1.165) is 12.1 Å². The van der Waals surface area contributed by atoms with Gasteiger partial charge < -0.3 is 4.74 Å². The molecule has 0 saturated carbocycles. The van der Waals surface area contributed by atoms with Gasteiger partial charge in [0, 0.05) is 4.47 Å². The Morgan fingerprint density at radius 2 is 1.71 bits per heavy atom. The molecule has 0 aliphatic rings. The monoisotopic (exact) mass is 432 g/mol. The predicted octanol–water partition coefficient (Wildman–Crippen LogP) is 3.83. The fourth-order valence-corrected chi connectivity index (χ4v) is 2.74. The molecule has 1 atom stereocenters. The molecule has 1 rings (SSSR count). The predicted molar refractivity (Wildman–Crippen MR) is 83.7 cm³/mol. The van der Waals surface area contributed by atoms with Crippen LogP contribution >= 0.6 is 15.9 Å². The van der Waals surface area contributed by atoms with Gasteiger partial charge in [0.25, 0.3) is 10.1 Å². The SMILES string of the molecule is CC(C)(C)OC(=O)C(OS(C)(=O)=O)c1cc(Br)cc(C(F)(F)F)c1. The van der Waals surface area contributed by atoms with E-state index in [0.29, 0.717) is 12.3 Å². The molecule has 0 fully saturated rings. The number of alkyl halides is 3. The average Bonchev–Trinajstić information content (AvgIpc) is 2.30. The summed E-state index contributed by atoms with van der Waals surface area (Å²) in [6.45, 7) is 4.60. The van der Waals surface area contributed by atoms with Gasteiger partial charge in [0.05, 0.1) is 11.8 Å². The van der Waals surface area contributed by atoms with Gasteiger partial charge in [-0.15, -0.1) is 0 Å². The fourth-order valence-electron chi connectivity index (χ4n) is 1.69. The summed E-state index contributed by atoms with van der Waals surface area (Å²) < 4.78 is 71.3. The highest BCUT2D eigenvalue weighted by atomic mass is 79.9. The normalized spacial score (nSPS) is 14.3. The lowest BCUT2D eigenvalue weighted by molar-refractivity contribution is -0.163. The van der Waals surface area contributed by atoms with Crippen LogP contribution in [0, 0.1) is 0 Å². The summed E-state index contributed by atoms with van der Waals surface area (Å²) >= 11 is 2.91. The van der Waals surface area contributed by atoms with E-state index >= 15 is 0 Å². The molecule has 0 N–H and O–H groups in total. The Kier molecular flexibility index (Phi) is 6.11. The lowest BCUT2D eigenvalue weighted by atomic mass is 10.1. The molecule has 1 unspecified atom stereocenters. The second kappa shape index (κ2) is 7.01. The summed E-state index contributed by atoms with van der Waals surface area (Å²) in [6.07, 6.45) is -5.84. The molecule has 0 aromatic heterocycles. The van der Waals surface area contributed by atoms with E-state index in [4.69, 9.17) is 4.74 Å². The van der Waals surface area contributed by atoms with Gasteiger partial charge in [-0.05, 0) is 44.5 Å². The van der Waals surface area contributed by atoms with Crippen molar-refractivity contribution in [2.24, 2.45) is 0 Å². The van der Waals surface area contributed by atoms with Crippen LogP contribution in [0.25, 0.3) is 0 Å².